The number of hydrogen-bond donors (Lipinski definition) is 1. The smallest absolute Gasteiger partial charge is 0.246 e. The number of benzene rings is 1. The molecular formula is C16H13ClN6O. The maximum absolute atomic E-state index is 6.21. The molecule has 24 heavy (non-hydrogen) atoms. The van der Waals surface area contributed by atoms with Gasteiger partial charge in [0.25, 0.3) is 0 Å². The van der Waals surface area contributed by atoms with Crippen LogP contribution in [0.3, 0.4) is 0 Å². The number of hydrogen-bond acceptors (Lipinski definition) is 5. The van der Waals surface area contributed by atoms with E-state index in [2.05, 4.69) is 15.2 Å². The molecule has 0 unspecified atom stereocenters. The van der Waals surface area contributed by atoms with Crippen LogP contribution < -0.4 is 10.5 Å². The first kappa shape index (κ1) is 14.5. The Kier molecular flexibility index (Phi) is 3.35. The minimum atomic E-state index is 0.351. The van der Waals surface area contributed by atoms with Crippen molar-refractivity contribution in [3.05, 3.63) is 54.1 Å². The summed E-state index contributed by atoms with van der Waals surface area (Å²) in [6, 6.07) is 7.04. The van der Waals surface area contributed by atoms with Crippen molar-refractivity contribution < 1.29 is 4.74 Å². The van der Waals surface area contributed by atoms with Crippen molar-refractivity contribution in [2.75, 3.05) is 5.73 Å². The number of nitrogens with zero attached hydrogens (tertiary/aromatic N) is 5. The Hall–Kier alpha value is -3.06. The van der Waals surface area contributed by atoms with Crippen molar-refractivity contribution in [1.29, 1.82) is 0 Å². The largest absolute Gasteiger partial charge is 0.435 e. The summed E-state index contributed by atoms with van der Waals surface area (Å²) in [6.07, 6.45) is 7.10. The quantitative estimate of drug-likeness (QED) is 0.579. The summed E-state index contributed by atoms with van der Waals surface area (Å²) < 4.78 is 9.33. The Morgan fingerprint density at radius 1 is 1.17 bits per heavy atom. The lowest BCUT2D eigenvalue weighted by Gasteiger charge is -2.10. The van der Waals surface area contributed by atoms with E-state index in [4.69, 9.17) is 22.1 Å². The zero-order valence-corrected chi connectivity index (χ0v) is 13.5. The van der Waals surface area contributed by atoms with Gasteiger partial charge in [0.2, 0.25) is 5.88 Å². The van der Waals surface area contributed by atoms with Gasteiger partial charge in [-0.2, -0.15) is 10.2 Å². The van der Waals surface area contributed by atoms with Gasteiger partial charge in [0, 0.05) is 18.8 Å². The van der Waals surface area contributed by atoms with E-state index in [0.717, 1.165) is 11.1 Å². The number of anilines is 1. The maximum atomic E-state index is 6.21. The highest BCUT2D eigenvalue weighted by atomic mass is 35.5. The predicted octanol–water partition coefficient (Wildman–Crippen LogP) is 3.16. The first-order valence-electron chi connectivity index (χ1n) is 7.17. The second-order valence-corrected chi connectivity index (χ2v) is 5.63. The van der Waals surface area contributed by atoms with Gasteiger partial charge in [0.1, 0.15) is 16.3 Å². The zero-order valence-electron chi connectivity index (χ0n) is 12.7. The molecule has 0 amide bonds. The summed E-state index contributed by atoms with van der Waals surface area (Å²) in [4.78, 5) is 4.59. The van der Waals surface area contributed by atoms with E-state index in [-0.39, 0.29) is 0 Å². The molecule has 0 aliphatic heterocycles. The summed E-state index contributed by atoms with van der Waals surface area (Å²) in [7, 11) is 1.85. The Bertz CT molecular complexity index is 1040. The summed E-state index contributed by atoms with van der Waals surface area (Å²) in [6.45, 7) is 0. The topological polar surface area (TPSA) is 83.3 Å². The van der Waals surface area contributed by atoms with Crippen molar-refractivity contribution in [3.63, 3.8) is 0 Å². The number of rotatable bonds is 3. The second kappa shape index (κ2) is 5.54. The van der Waals surface area contributed by atoms with Crippen molar-refractivity contribution in [2.45, 2.75) is 0 Å². The first-order chi connectivity index (χ1) is 11.6. The maximum Gasteiger partial charge on any atom is 0.246 e. The Morgan fingerprint density at radius 2 is 2.04 bits per heavy atom. The molecule has 0 aliphatic carbocycles. The minimum absolute atomic E-state index is 0.351. The average Bonchev–Trinajstić information content (AvgIpc) is 3.20. The summed E-state index contributed by atoms with van der Waals surface area (Å²) in [5.41, 5.74) is 8.55. The molecule has 0 atom stereocenters. The highest BCUT2D eigenvalue weighted by molar-refractivity contribution is 6.34. The third-order valence-electron chi connectivity index (χ3n) is 3.56. The molecule has 3 heterocycles. The molecular weight excluding hydrogens is 328 g/mol. The van der Waals surface area contributed by atoms with E-state index < -0.39 is 0 Å². The lowest BCUT2D eigenvalue weighted by Crippen LogP contribution is -1.98. The van der Waals surface area contributed by atoms with Gasteiger partial charge in [-0.15, -0.1) is 0 Å². The van der Waals surface area contributed by atoms with E-state index >= 15 is 0 Å². The van der Waals surface area contributed by atoms with E-state index in [1.807, 2.05) is 25.5 Å². The lowest BCUT2D eigenvalue weighted by atomic mass is 10.2. The molecule has 0 aliphatic rings. The molecule has 4 aromatic rings. The first-order valence-corrected chi connectivity index (χ1v) is 7.55. The molecule has 0 saturated heterocycles. The van der Waals surface area contributed by atoms with E-state index in [9.17, 15) is 0 Å². The number of ether oxygens (including phenoxy) is 1. The fraction of sp³-hybridized carbons (Fsp3) is 0.0625. The third kappa shape index (κ3) is 2.44. The van der Waals surface area contributed by atoms with Crippen LogP contribution in [-0.4, -0.2) is 24.4 Å². The van der Waals surface area contributed by atoms with Gasteiger partial charge in [0.15, 0.2) is 0 Å². The van der Waals surface area contributed by atoms with Crippen LogP contribution in [0.15, 0.2) is 49.1 Å². The molecule has 2 N–H and O–H groups in total. The van der Waals surface area contributed by atoms with Gasteiger partial charge in [-0.25, -0.2) is 9.50 Å². The molecule has 120 valence electrons. The zero-order chi connectivity index (χ0) is 16.7. The van der Waals surface area contributed by atoms with Crippen molar-refractivity contribution in [3.8, 4) is 22.9 Å². The molecule has 7 nitrogen and oxygen atoms in total. The molecule has 3 aromatic heterocycles. The number of fused-ring (bicyclic) bond motifs is 1. The van der Waals surface area contributed by atoms with Crippen molar-refractivity contribution in [2.24, 2.45) is 7.05 Å². The highest BCUT2D eigenvalue weighted by Crippen LogP contribution is 2.35. The number of halogens is 1. The number of nitrogen functional groups attached to an aromatic ring is 1. The molecule has 0 saturated carbocycles. The molecule has 0 spiro atoms. The standard InChI is InChI=1S/C16H13ClN6O/c1-22-8-10(7-20-22)12-9-23-13(5-6-19-23)16(21-12)24-14-4-2-3-11(18)15(14)17/h2-9H,18H2,1H3. The SMILES string of the molecule is Cn1cc(-c2cn3nccc3c(Oc3cccc(N)c3Cl)n2)cn1. The lowest BCUT2D eigenvalue weighted by molar-refractivity contribution is 0.467. The van der Waals surface area contributed by atoms with Crippen molar-refractivity contribution >= 4 is 22.8 Å². The monoisotopic (exact) mass is 340 g/mol. The molecule has 8 heteroatoms. The Morgan fingerprint density at radius 3 is 2.83 bits per heavy atom. The van der Waals surface area contributed by atoms with Crippen LogP contribution in [0.2, 0.25) is 5.02 Å². The molecule has 1 aromatic carbocycles. The summed E-state index contributed by atoms with van der Waals surface area (Å²) in [5, 5.41) is 8.79. The fourth-order valence-electron chi connectivity index (χ4n) is 2.38. The van der Waals surface area contributed by atoms with Gasteiger partial charge >= 0.3 is 0 Å². The number of aryl methyl sites for hydroxylation is 1. The van der Waals surface area contributed by atoms with Gasteiger partial charge in [0.05, 0.1) is 30.0 Å². The van der Waals surface area contributed by atoms with Gasteiger partial charge < -0.3 is 10.5 Å². The normalized spacial score (nSPS) is 11.1. The highest BCUT2D eigenvalue weighted by Gasteiger charge is 2.14. The van der Waals surface area contributed by atoms with Crippen LogP contribution in [0.5, 0.6) is 11.6 Å². The Labute approximate surface area is 142 Å². The molecule has 0 fully saturated rings. The van der Waals surface area contributed by atoms with Gasteiger partial charge in [-0.05, 0) is 18.2 Å². The van der Waals surface area contributed by atoms with E-state index in [0.29, 0.717) is 28.0 Å². The van der Waals surface area contributed by atoms with Gasteiger partial charge in [-0.1, -0.05) is 17.7 Å². The molecule has 0 radical (unpaired) electrons. The summed E-state index contributed by atoms with van der Waals surface area (Å²) in [5.74, 6) is 0.831. The fourth-order valence-corrected chi connectivity index (χ4v) is 2.54. The van der Waals surface area contributed by atoms with E-state index in [1.165, 1.54) is 0 Å². The van der Waals surface area contributed by atoms with Crippen LogP contribution in [0.4, 0.5) is 5.69 Å². The third-order valence-corrected chi connectivity index (χ3v) is 3.96. The van der Waals surface area contributed by atoms with E-state index in [1.54, 1.807) is 39.8 Å². The molecule has 0 bridgehead atoms. The van der Waals surface area contributed by atoms with Gasteiger partial charge in [-0.3, -0.25) is 4.68 Å². The van der Waals surface area contributed by atoms with Crippen molar-refractivity contribution in [1.82, 2.24) is 24.4 Å². The van der Waals surface area contributed by atoms with Crippen LogP contribution in [0.1, 0.15) is 0 Å². The Balaban J connectivity index is 1.84. The van der Waals surface area contributed by atoms with Crippen LogP contribution in [-0.2, 0) is 7.05 Å². The van der Waals surface area contributed by atoms with Crippen LogP contribution >= 0.6 is 11.6 Å². The van der Waals surface area contributed by atoms with Crippen LogP contribution in [0, 0.1) is 0 Å². The summed E-state index contributed by atoms with van der Waals surface area (Å²) >= 11 is 6.21. The second-order valence-electron chi connectivity index (χ2n) is 5.26. The number of nitrogens with two attached hydrogens (primary N) is 1. The van der Waals surface area contributed by atoms with Crippen LogP contribution in [0.25, 0.3) is 16.8 Å². The molecule has 4 rings (SSSR count). The average molecular weight is 341 g/mol. The number of aromatic nitrogens is 5. The predicted molar refractivity (Wildman–Crippen MR) is 91.1 cm³/mol. The minimum Gasteiger partial charge on any atom is -0.435 e.